The van der Waals surface area contributed by atoms with Gasteiger partial charge in [0, 0.05) is 18.4 Å². The Balaban J connectivity index is 1.95. The normalized spacial score (nSPS) is 10.6. The van der Waals surface area contributed by atoms with Crippen molar-refractivity contribution in [2.45, 2.75) is 33.4 Å². The van der Waals surface area contributed by atoms with E-state index in [0.29, 0.717) is 12.1 Å². The Morgan fingerprint density at radius 3 is 2.89 bits per heavy atom. The lowest BCUT2D eigenvalue weighted by atomic mass is 10.2. The Morgan fingerprint density at radius 1 is 1.33 bits per heavy atom. The molecule has 0 aliphatic rings. The van der Waals surface area contributed by atoms with Gasteiger partial charge in [0.15, 0.2) is 0 Å². The largest absolute Gasteiger partial charge is 0.379 e. The molecule has 1 aromatic heterocycles. The standard InChI is InChI=1S/C14H18FN3/c1-3-7-18-8-6-13(17-18)10-16-12-5-4-11(2)14(15)9-12/h4-6,8-9,16H,3,7,10H2,1-2H3. The predicted octanol–water partition coefficient (Wildman–Crippen LogP) is 3.35. The SMILES string of the molecule is CCCn1ccc(CNc2ccc(C)c(F)c2)n1. The zero-order valence-electron chi connectivity index (χ0n) is 10.8. The monoisotopic (exact) mass is 247 g/mol. The highest BCUT2D eigenvalue weighted by atomic mass is 19.1. The molecule has 0 spiro atoms. The zero-order chi connectivity index (χ0) is 13.0. The maximum absolute atomic E-state index is 13.3. The molecule has 96 valence electrons. The highest BCUT2D eigenvalue weighted by Gasteiger charge is 2.01. The number of aromatic nitrogens is 2. The molecule has 2 rings (SSSR count). The van der Waals surface area contributed by atoms with Gasteiger partial charge in [-0.15, -0.1) is 0 Å². The molecule has 0 bridgehead atoms. The predicted molar refractivity (Wildman–Crippen MR) is 71.0 cm³/mol. The van der Waals surface area contributed by atoms with Crippen LogP contribution in [0, 0.1) is 12.7 Å². The number of nitrogens with zero attached hydrogens (tertiary/aromatic N) is 2. The fourth-order valence-electron chi connectivity index (χ4n) is 1.75. The Bertz CT molecular complexity index is 520. The highest BCUT2D eigenvalue weighted by Crippen LogP contribution is 2.14. The van der Waals surface area contributed by atoms with Crippen molar-refractivity contribution in [3.63, 3.8) is 0 Å². The molecule has 0 radical (unpaired) electrons. The van der Waals surface area contributed by atoms with Gasteiger partial charge in [0.25, 0.3) is 0 Å². The van der Waals surface area contributed by atoms with E-state index in [0.717, 1.165) is 24.3 Å². The summed E-state index contributed by atoms with van der Waals surface area (Å²) in [6, 6.07) is 7.14. The van der Waals surface area contributed by atoms with Crippen molar-refractivity contribution >= 4 is 5.69 Å². The molecule has 1 N–H and O–H groups in total. The summed E-state index contributed by atoms with van der Waals surface area (Å²) in [6.45, 7) is 5.42. The van der Waals surface area contributed by atoms with Crippen LogP contribution in [0.4, 0.5) is 10.1 Å². The first kappa shape index (κ1) is 12.6. The van der Waals surface area contributed by atoms with Crippen LogP contribution in [0.1, 0.15) is 24.6 Å². The Morgan fingerprint density at radius 2 is 2.17 bits per heavy atom. The van der Waals surface area contributed by atoms with Gasteiger partial charge in [-0.05, 0) is 37.1 Å². The lowest BCUT2D eigenvalue weighted by Crippen LogP contribution is -2.03. The number of anilines is 1. The summed E-state index contributed by atoms with van der Waals surface area (Å²) in [4.78, 5) is 0. The van der Waals surface area contributed by atoms with Crippen LogP contribution in [0.5, 0.6) is 0 Å². The van der Waals surface area contributed by atoms with Crippen molar-refractivity contribution in [3.8, 4) is 0 Å². The van der Waals surface area contributed by atoms with E-state index in [1.54, 1.807) is 13.0 Å². The van der Waals surface area contributed by atoms with Gasteiger partial charge in [0.2, 0.25) is 0 Å². The average molecular weight is 247 g/mol. The van der Waals surface area contributed by atoms with Crippen molar-refractivity contribution in [3.05, 3.63) is 47.5 Å². The van der Waals surface area contributed by atoms with Crippen molar-refractivity contribution < 1.29 is 4.39 Å². The maximum Gasteiger partial charge on any atom is 0.128 e. The quantitative estimate of drug-likeness (QED) is 0.878. The van der Waals surface area contributed by atoms with Crippen molar-refractivity contribution in [1.29, 1.82) is 0 Å². The Hall–Kier alpha value is -1.84. The lowest BCUT2D eigenvalue weighted by molar-refractivity contribution is 0.595. The Labute approximate surface area is 107 Å². The van der Waals surface area contributed by atoms with Gasteiger partial charge in [-0.1, -0.05) is 13.0 Å². The second kappa shape index (κ2) is 5.67. The molecule has 0 aliphatic heterocycles. The second-order valence-corrected chi connectivity index (χ2v) is 4.39. The van der Waals surface area contributed by atoms with E-state index in [1.165, 1.54) is 6.07 Å². The number of nitrogens with one attached hydrogen (secondary N) is 1. The van der Waals surface area contributed by atoms with Crippen molar-refractivity contribution in [2.75, 3.05) is 5.32 Å². The fraction of sp³-hybridized carbons (Fsp3) is 0.357. The van der Waals surface area contributed by atoms with E-state index in [-0.39, 0.29) is 5.82 Å². The topological polar surface area (TPSA) is 29.9 Å². The lowest BCUT2D eigenvalue weighted by Gasteiger charge is -2.05. The smallest absolute Gasteiger partial charge is 0.128 e. The van der Waals surface area contributed by atoms with Gasteiger partial charge in [-0.2, -0.15) is 5.10 Å². The van der Waals surface area contributed by atoms with Crippen LogP contribution in [0.15, 0.2) is 30.5 Å². The van der Waals surface area contributed by atoms with Crippen molar-refractivity contribution in [2.24, 2.45) is 0 Å². The van der Waals surface area contributed by atoms with Gasteiger partial charge in [0.05, 0.1) is 12.2 Å². The highest BCUT2D eigenvalue weighted by molar-refractivity contribution is 5.45. The van der Waals surface area contributed by atoms with Crippen molar-refractivity contribution in [1.82, 2.24) is 9.78 Å². The first-order valence-corrected chi connectivity index (χ1v) is 6.21. The number of aryl methyl sites for hydroxylation is 2. The molecule has 0 aliphatic carbocycles. The van der Waals surface area contributed by atoms with Crippen LogP contribution in [0.25, 0.3) is 0 Å². The summed E-state index contributed by atoms with van der Waals surface area (Å²) in [7, 11) is 0. The summed E-state index contributed by atoms with van der Waals surface area (Å²) in [5.41, 5.74) is 2.40. The summed E-state index contributed by atoms with van der Waals surface area (Å²) in [6.07, 6.45) is 3.04. The number of hydrogen-bond donors (Lipinski definition) is 1. The van der Waals surface area contributed by atoms with Crippen LogP contribution in [0.2, 0.25) is 0 Å². The van der Waals surface area contributed by atoms with Crippen LogP contribution >= 0.6 is 0 Å². The van der Waals surface area contributed by atoms with Crippen LogP contribution in [-0.2, 0) is 13.1 Å². The summed E-state index contributed by atoms with van der Waals surface area (Å²) in [5.74, 6) is -0.184. The number of benzene rings is 1. The molecule has 0 fully saturated rings. The molecule has 0 atom stereocenters. The van der Waals surface area contributed by atoms with Crippen LogP contribution in [-0.4, -0.2) is 9.78 Å². The van der Waals surface area contributed by atoms with Gasteiger partial charge >= 0.3 is 0 Å². The maximum atomic E-state index is 13.3. The first-order valence-electron chi connectivity index (χ1n) is 6.21. The molecule has 0 saturated heterocycles. The van der Waals surface area contributed by atoms with Crippen LogP contribution < -0.4 is 5.32 Å². The molecule has 0 amide bonds. The molecule has 1 aromatic carbocycles. The van der Waals surface area contributed by atoms with Crippen LogP contribution in [0.3, 0.4) is 0 Å². The minimum absolute atomic E-state index is 0.184. The molecule has 3 nitrogen and oxygen atoms in total. The van der Waals surface area contributed by atoms with Gasteiger partial charge < -0.3 is 5.32 Å². The molecule has 0 unspecified atom stereocenters. The van der Waals surface area contributed by atoms with E-state index in [4.69, 9.17) is 0 Å². The average Bonchev–Trinajstić information content (AvgIpc) is 2.79. The minimum Gasteiger partial charge on any atom is -0.379 e. The minimum atomic E-state index is -0.184. The third-order valence-corrected chi connectivity index (χ3v) is 2.79. The fourth-order valence-corrected chi connectivity index (χ4v) is 1.75. The van der Waals surface area contributed by atoms with E-state index >= 15 is 0 Å². The van der Waals surface area contributed by atoms with Gasteiger partial charge in [0.1, 0.15) is 5.82 Å². The Kier molecular flexibility index (Phi) is 3.97. The van der Waals surface area contributed by atoms with E-state index in [2.05, 4.69) is 17.3 Å². The molecule has 18 heavy (non-hydrogen) atoms. The summed E-state index contributed by atoms with van der Waals surface area (Å²) >= 11 is 0. The number of rotatable bonds is 5. The van der Waals surface area contributed by atoms with E-state index < -0.39 is 0 Å². The molecule has 1 heterocycles. The summed E-state index contributed by atoms with van der Waals surface area (Å²) in [5, 5.41) is 7.58. The second-order valence-electron chi connectivity index (χ2n) is 4.39. The molecular formula is C14H18FN3. The number of hydrogen-bond acceptors (Lipinski definition) is 2. The molecule has 4 heteroatoms. The third kappa shape index (κ3) is 3.09. The molecule has 2 aromatic rings. The third-order valence-electron chi connectivity index (χ3n) is 2.79. The molecular weight excluding hydrogens is 229 g/mol. The summed E-state index contributed by atoms with van der Waals surface area (Å²) < 4.78 is 15.3. The molecule has 0 saturated carbocycles. The van der Waals surface area contributed by atoms with E-state index in [9.17, 15) is 4.39 Å². The number of halogens is 1. The van der Waals surface area contributed by atoms with E-state index in [1.807, 2.05) is 23.0 Å². The first-order chi connectivity index (χ1) is 8.69. The van der Waals surface area contributed by atoms with Gasteiger partial charge in [-0.25, -0.2) is 4.39 Å². The zero-order valence-corrected chi connectivity index (χ0v) is 10.8. The van der Waals surface area contributed by atoms with Gasteiger partial charge in [-0.3, -0.25) is 4.68 Å².